The van der Waals surface area contributed by atoms with Crippen LogP contribution in [0.3, 0.4) is 0 Å². The summed E-state index contributed by atoms with van der Waals surface area (Å²) in [4.78, 5) is 38.4. The monoisotopic (exact) mass is 347 g/mol. The summed E-state index contributed by atoms with van der Waals surface area (Å²) in [6.45, 7) is 3.10. The van der Waals surface area contributed by atoms with Crippen molar-refractivity contribution in [1.29, 1.82) is 0 Å². The number of rotatable bonds is 1. The van der Waals surface area contributed by atoms with Crippen LogP contribution in [0.4, 0.5) is 4.79 Å². The van der Waals surface area contributed by atoms with E-state index in [-0.39, 0.29) is 13.2 Å². The minimum absolute atomic E-state index is 0.0283. The molecule has 4 rings (SSSR count). The van der Waals surface area contributed by atoms with Gasteiger partial charge in [-0.2, -0.15) is 0 Å². The van der Waals surface area contributed by atoms with Gasteiger partial charge in [0, 0.05) is 5.56 Å². The molecular weight excluding hydrogens is 330 g/mol. The molecule has 0 unspecified atom stereocenters. The molecule has 0 aromatic heterocycles. The van der Waals surface area contributed by atoms with E-state index < -0.39 is 41.6 Å². The molecule has 0 saturated carbocycles. The smallest absolute Gasteiger partial charge is 0.406 e. The van der Waals surface area contributed by atoms with Gasteiger partial charge < -0.3 is 18.9 Å². The van der Waals surface area contributed by atoms with E-state index in [1.165, 1.54) is 0 Å². The molecular formula is C17H17NO7. The maximum atomic E-state index is 12.8. The van der Waals surface area contributed by atoms with Crippen molar-refractivity contribution in [3.8, 4) is 0 Å². The molecule has 1 spiro atoms. The van der Waals surface area contributed by atoms with E-state index in [2.05, 4.69) is 0 Å². The Morgan fingerprint density at radius 2 is 1.88 bits per heavy atom. The fourth-order valence-corrected chi connectivity index (χ4v) is 3.28. The Bertz CT molecular complexity index is 747. The molecule has 0 radical (unpaired) electrons. The normalized spacial score (nSPS) is 33.4. The zero-order valence-corrected chi connectivity index (χ0v) is 13.8. The summed E-state index contributed by atoms with van der Waals surface area (Å²) in [6, 6.07) is 8.28. The Kier molecular flexibility index (Phi) is 3.47. The number of nitrogens with zero attached hydrogens (tertiary/aromatic N) is 1. The predicted octanol–water partition coefficient (Wildman–Crippen LogP) is 1.09. The van der Waals surface area contributed by atoms with E-state index in [4.69, 9.17) is 18.9 Å². The Hall–Kier alpha value is -2.29. The van der Waals surface area contributed by atoms with Crippen molar-refractivity contribution in [2.45, 2.75) is 37.6 Å². The third-order valence-electron chi connectivity index (χ3n) is 4.40. The van der Waals surface area contributed by atoms with Crippen molar-refractivity contribution in [3.05, 3.63) is 35.9 Å². The number of hydrogen-bond donors (Lipinski definition) is 0. The van der Waals surface area contributed by atoms with E-state index in [0.29, 0.717) is 5.56 Å². The van der Waals surface area contributed by atoms with Gasteiger partial charge in [0.2, 0.25) is 5.78 Å². The van der Waals surface area contributed by atoms with Gasteiger partial charge in [0.25, 0.3) is 11.7 Å². The number of ketones is 1. The Morgan fingerprint density at radius 1 is 1.16 bits per heavy atom. The second-order valence-corrected chi connectivity index (χ2v) is 6.65. The molecule has 1 aromatic rings. The van der Waals surface area contributed by atoms with Crippen LogP contribution in [0.2, 0.25) is 0 Å². The molecule has 3 aliphatic heterocycles. The lowest BCUT2D eigenvalue weighted by atomic mass is 9.98. The van der Waals surface area contributed by atoms with Crippen LogP contribution in [0, 0.1) is 0 Å². The average Bonchev–Trinajstić information content (AvgIpc) is 3.09. The molecule has 8 heteroatoms. The number of fused-ring (bicyclic) bond motifs is 1. The van der Waals surface area contributed by atoms with Crippen LogP contribution in [-0.2, 0) is 23.7 Å². The summed E-state index contributed by atoms with van der Waals surface area (Å²) >= 11 is 0. The molecule has 0 N–H and O–H groups in total. The van der Waals surface area contributed by atoms with Crippen molar-refractivity contribution in [1.82, 2.24) is 4.90 Å². The van der Waals surface area contributed by atoms with Gasteiger partial charge >= 0.3 is 6.09 Å². The maximum Gasteiger partial charge on any atom is 0.420 e. The topological polar surface area (TPSA) is 91.4 Å². The number of carbonyl (C=O) groups excluding carboxylic acids is 3. The number of carbonyl (C=O) groups is 3. The van der Waals surface area contributed by atoms with Crippen molar-refractivity contribution in [2.75, 3.05) is 13.2 Å². The third kappa shape index (κ3) is 2.53. The summed E-state index contributed by atoms with van der Waals surface area (Å²) in [5, 5.41) is 0. The highest BCUT2D eigenvalue weighted by molar-refractivity contribution is 6.06. The van der Waals surface area contributed by atoms with Crippen LogP contribution >= 0.6 is 0 Å². The van der Waals surface area contributed by atoms with Gasteiger partial charge in [-0.25, -0.2) is 9.69 Å². The van der Waals surface area contributed by atoms with Gasteiger partial charge in [-0.1, -0.05) is 18.2 Å². The second-order valence-electron chi connectivity index (χ2n) is 6.65. The lowest BCUT2D eigenvalue weighted by Gasteiger charge is -2.34. The highest BCUT2D eigenvalue weighted by atomic mass is 16.8. The lowest BCUT2D eigenvalue weighted by Crippen LogP contribution is -2.59. The number of ether oxygens (including phenoxy) is 4. The van der Waals surface area contributed by atoms with Gasteiger partial charge in [-0.15, -0.1) is 0 Å². The maximum absolute atomic E-state index is 12.8. The zero-order valence-electron chi connectivity index (χ0n) is 13.8. The highest BCUT2D eigenvalue weighted by Crippen LogP contribution is 2.39. The first-order valence-corrected chi connectivity index (χ1v) is 7.95. The van der Waals surface area contributed by atoms with Crippen molar-refractivity contribution in [3.63, 3.8) is 0 Å². The van der Waals surface area contributed by atoms with E-state index in [0.717, 1.165) is 4.90 Å². The highest BCUT2D eigenvalue weighted by Gasteiger charge is 2.63. The SMILES string of the molecule is CC1(C)O[C@@H]2CO[C@]3(CN(C(=O)c4ccccc4)C(=O)O3)C(=O)[C@@H]2O1. The summed E-state index contributed by atoms with van der Waals surface area (Å²) in [5.74, 6) is -3.87. The van der Waals surface area contributed by atoms with Crippen LogP contribution in [0.15, 0.2) is 30.3 Å². The molecule has 1 aromatic carbocycles. The molecule has 3 heterocycles. The van der Waals surface area contributed by atoms with E-state index >= 15 is 0 Å². The summed E-state index contributed by atoms with van der Waals surface area (Å²) in [5.41, 5.74) is 0.319. The van der Waals surface area contributed by atoms with E-state index in [1.54, 1.807) is 44.2 Å². The average molecular weight is 347 g/mol. The summed E-state index contributed by atoms with van der Waals surface area (Å²) in [6.07, 6.45) is -2.38. The molecule has 3 saturated heterocycles. The lowest BCUT2D eigenvalue weighted by molar-refractivity contribution is -0.219. The molecule has 3 fully saturated rings. The Morgan fingerprint density at radius 3 is 2.60 bits per heavy atom. The molecule has 25 heavy (non-hydrogen) atoms. The van der Waals surface area contributed by atoms with E-state index in [1.807, 2.05) is 0 Å². The standard InChI is InChI=1S/C17H17NO7/c1-16(2)23-11-8-22-17(13(19)12(11)24-16)9-18(15(21)25-17)14(20)10-6-4-3-5-7-10/h3-7,11-12H,8-9H2,1-2H3/t11-,12-,17+/m1/s1. The molecule has 8 nitrogen and oxygen atoms in total. The largest absolute Gasteiger partial charge is 0.420 e. The van der Waals surface area contributed by atoms with Crippen LogP contribution in [0.25, 0.3) is 0 Å². The fraction of sp³-hybridized carbons (Fsp3) is 0.471. The number of Topliss-reactive ketones (excluding diaryl/α,β-unsaturated/α-hetero) is 1. The van der Waals surface area contributed by atoms with Crippen LogP contribution in [-0.4, -0.2) is 59.6 Å². The van der Waals surface area contributed by atoms with E-state index in [9.17, 15) is 14.4 Å². The van der Waals surface area contributed by atoms with Crippen molar-refractivity contribution < 1.29 is 33.3 Å². The van der Waals surface area contributed by atoms with Crippen LogP contribution < -0.4 is 0 Å². The number of imide groups is 1. The molecule has 3 atom stereocenters. The number of amides is 2. The third-order valence-corrected chi connectivity index (χ3v) is 4.40. The first kappa shape index (κ1) is 16.2. The fourth-order valence-electron chi connectivity index (χ4n) is 3.28. The van der Waals surface area contributed by atoms with Gasteiger partial charge in [0.15, 0.2) is 11.9 Å². The van der Waals surface area contributed by atoms with Crippen molar-refractivity contribution in [2.24, 2.45) is 0 Å². The second kappa shape index (κ2) is 5.35. The van der Waals surface area contributed by atoms with Crippen LogP contribution in [0.1, 0.15) is 24.2 Å². The summed E-state index contributed by atoms with van der Waals surface area (Å²) < 4.78 is 22.0. The number of benzene rings is 1. The van der Waals surface area contributed by atoms with Gasteiger partial charge in [0.1, 0.15) is 12.6 Å². The molecule has 0 bridgehead atoms. The van der Waals surface area contributed by atoms with Gasteiger partial charge in [-0.05, 0) is 26.0 Å². The molecule has 2 amide bonds. The molecule has 0 aliphatic carbocycles. The van der Waals surface area contributed by atoms with Gasteiger partial charge in [-0.3, -0.25) is 9.59 Å². The first-order valence-electron chi connectivity index (χ1n) is 7.95. The Labute approximate surface area is 143 Å². The predicted molar refractivity (Wildman–Crippen MR) is 81.5 cm³/mol. The van der Waals surface area contributed by atoms with Crippen LogP contribution in [0.5, 0.6) is 0 Å². The zero-order chi connectivity index (χ0) is 17.8. The molecule has 3 aliphatic rings. The van der Waals surface area contributed by atoms with Crippen molar-refractivity contribution >= 4 is 17.8 Å². The van der Waals surface area contributed by atoms with Gasteiger partial charge in [0.05, 0.1) is 6.61 Å². The summed E-state index contributed by atoms with van der Waals surface area (Å²) in [7, 11) is 0. The number of hydrogen-bond acceptors (Lipinski definition) is 7. The minimum atomic E-state index is -1.84. The quantitative estimate of drug-likeness (QED) is 0.751. The minimum Gasteiger partial charge on any atom is -0.406 e. The first-order chi connectivity index (χ1) is 11.8. The Balaban J connectivity index is 1.57. The molecule has 132 valence electrons.